The summed E-state index contributed by atoms with van der Waals surface area (Å²) in [5, 5.41) is 7.81. The highest BCUT2D eigenvalue weighted by atomic mass is 32.2. The molecule has 2 N–H and O–H groups in total. The van der Waals surface area contributed by atoms with Crippen molar-refractivity contribution in [2.24, 2.45) is 0 Å². The Balaban J connectivity index is 1.31. The summed E-state index contributed by atoms with van der Waals surface area (Å²) in [6.07, 6.45) is 3.29. The van der Waals surface area contributed by atoms with Crippen LogP contribution in [0.3, 0.4) is 0 Å². The Kier molecular flexibility index (Phi) is 7.86. The first-order chi connectivity index (χ1) is 20.0. The van der Waals surface area contributed by atoms with Crippen molar-refractivity contribution in [1.29, 1.82) is 0 Å². The fourth-order valence-corrected chi connectivity index (χ4v) is 6.31. The van der Waals surface area contributed by atoms with Gasteiger partial charge in [0.1, 0.15) is 0 Å². The molecule has 0 aliphatic carbocycles. The number of anilines is 4. The summed E-state index contributed by atoms with van der Waals surface area (Å²) in [6, 6.07) is 18.2. The van der Waals surface area contributed by atoms with Crippen molar-refractivity contribution in [2.45, 2.75) is 25.4 Å². The van der Waals surface area contributed by atoms with Gasteiger partial charge >= 0.3 is 0 Å². The second-order valence-electron chi connectivity index (χ2n) is 10.2. The van der Waals surface area contributed by atoms with Crippen LogP contribution < -0.4 is 15.5 Å². The van der Waals surface area contributed by atoms with Crippen molar-refractivity contribution in [3.8, 4) is 0 Å². The van der Waals surface area contributed by atoms with Gasteiger partial charge in [0.2, 0.25) is 16.0 Å². The molecule has 2 fully saturated rings. The zero-order valence-corrected chi connectivity index (χ0v) is 23.6. The van der Waals surface area contributed by atoms with Gasteiger partial charge in [0, 0.05) is 49.5 Å². The highest BCUT2D eigenvalue weighted by molar-refractivity contribution is 7.92. The molecule has 2 aromatic carbocycles. The van der Waals surface area contributed by atoms with E-state index < -0.39 is 10.0 Å². The number of benzene rings is 2. The number of fused-ring (bicyclic) bond motifs is 1. The number of ether oxygens (including phenoxy) is 1. The molecule has 6 rings (SSSR count). The fraction of sp³-hybridized carbons (Fsp3) is 0.345. The Morgan fingerprint density at radius 1 is 1.02 bits per heavy atom. The zero-order chi connectivity index (χ0) is 28.2. The number of hydrogen-bond donors (Lipinski definition) is 2. The second kappa shape index (κ2) is 11.9. The molecule has 41 heavy (non-hydrogen) atoms. The summed E-state index contributed by atoms with van der Waals surface area (Å²) in [6.45, 7) is 8.09. The molecular weight excluding hydrogens is 540 g/mol. The lowest BCUT2D eigenvalue weighted by Gasteiger charge is -2.31. The zero-order valence-electron chi connectivity index (χ0n) is 22.8. The number of rotatable bonds is 9. The maximum absolute atomic E-state index is 12.5. The minimum absolute atomic E-state index is 0.110. The molecule has 0 unspecified atom stereocenters. The van der Waals surface area contributed by atoms with Gasteiger partial charge in [0.05, 0.1) is 25.6 Å². The van der Waals surface area contributed by atoms with Gasteiger partial charge in [-0.15, -0.1) is 0 Å². The number of nitrogens with zero attached hydrogens (tertiary/aromatic N) is 6. The lowest BCUT2D eigenvalue weighted by atomic mass is 10.1. The van der Waals surface area contributed by atoms with Crippen molar-refractivity contribution in [1.82, 2.24) is 23.8 Å². The summed E-state index contributed by atoms with van der Waals surface area (Å²) < 4.78 is 34.0. The van der Waals surface area contributed by atoms with Crippen molar-refractivity contribution in [3.05, 3.63) is 78.5 Å². The Bertz CT molecular complexity index is 1600. The number of sulfonamides is 1. The molecule has 0 saturated carbocycles. The molecular formula is C29H34N8O3S. The van der Waals surface area contributed by atoms with E-state index in [9.17, 15) is 8.42 Å². The van der Waals surface area contributed by atoms with E-state index in [4.69, 9.17) is 14.7 Å². The van der Waals surface area contributed by atoms with Crippen LogP contribution in [-0.2, 0) is 21.3 Å². The van der Waals surface area contributed by atoms with Gasteiger partial charge in [-0.3, -0.25) is 0 Å². The maximum Gasteiger partial charge on any atom is 0.235 e. The van der Waals surface area contributed by atoms with E-state index in [2.05, 4.69) is 51.4 Å². The number of nitrogens with one attached hydrogen (secondary N) is 2. The molecule has 4 aromatic rings. The quantitative estimate of drug-likeness (QED) is 0.304. The molecule has 11 nitrogen and oxygen atoms in total. The molecule has 0 amide bonds. The van der Waals surface area contributed by atoms with E-state index in [0.29, 0.717) is 42.6 Å². The molecule has 0 bridgehead atoms. The minimum atomic E-state index is -3.51. The van der Waals surface area contributed by atoms with Gasteiger partial charge in [-0.25, -0.2) is 13.4 Å². The van der Waals surface area contributed by atoms with Crippen LogP contribution in [0.5, 0.6) is 0 Å². The number of piperidine rings is 1. The molecule has 12 heteroatoms. The molecule has 2 saturated heterocycles. The van der Waals surface area contributed by atoms with Crippen molar-refractivity contribution < 1.29 is 13.2 Å². The van der Waals surface area contributed by atoms with Gasteiger partial charge in [-0.05, 0) is 42.7 Å². The Morgan fingerprint density at radius 2 is 1.80 bits per heavy atom. The van der Waals surface area contributed by atoms with Crippen LogP contribution in [0.4, 0.5) is 23.1 Å². The molecule has 1 atom stereocenters. The van der Waals surface area contributed by atoms with Crippen LogP contribution in [0, 0.1) is 0 Å². The van der Waals surface area contributed by atoms with E-state index in [-0.39, 0.29) is 6.04 Å². The smallest absolute Gasteiger partial charge is 0.235 e. The van der Waals surface area contributed by atoms with Crippen molar-refractivity contribution in [3.63, 3.8) is 0 Å². The van der Waals surface area contributed by atoms with E-state index in [0.717, 1.165) is 61.5 Å². The average Bonchev–Trinajstić information content (AvgIpc) is 3.45. The first-order valence-corrected chi connectivity index (χ1v) is 15.4. The van der Waals surface area contributed by atoms with Crippen LogP contribution in [0.2, 0.25) is 0 Å². The minimum Gasteiger partial charge on any atom is -0.378 e. The summed E-state index contributed by atoms with van der Waals surface area (Å²) in [4.78, 5) is 16.6. The largest absolute Gasteiger partial charge is 0.378 e. The van der Waals surface area contributed by atoms with Crippen molar-refractivity contribution in [2.75, 3.05) is 54.9 Å². The molecule has 0 radical (unpaired) electrons. The predicted molar refractivity (Wildman–Crippen MR) is 161 cm³/mol. The molecule has 214 valence electrons. The highest BCUT2D eigenvalue weighted by Crippen LogP contribution is 2.30. The van der Waals surface area contributed by atoms with Crippen LogP contribution in [0.1, 0.15) is 24.4 Å². The predicted octanol–water partition coefficient (Wildman–Crippen LogP) is 4.13. The third kappa shape index (κ3) is 6.04. The normalized spacial score (nSPS) is 18.3. The van der Waals surface area contributed by atoms with Gasteiger partial charge in [-0.2, -0.15) is 14.3 Å². The van der Waals surface area contributed by atoms with Crippen LogP contribution >= 0.6 is 0 Å². The van der Waals surface area contributed by atoms with Crippen molar-refractivity contribution >= 4 is 44.3 Å². The summed E-state index contributed by atoms with van der Waals surface area (Å²) in [7, 11) is -3.51. The third-order valence-electron chi connectivity index (χ3n) is 7.55. The fourth-order valence-electron chi connectivity index (χ4n) is 5.34. The first-order valence-electron chi connectivity index (χ1n) is 13.8. The van der Waals surface area contributed by atoms with E-state index in [1.54, 1.807) is 6.33 Å². The summed E-state index contributed by atoms with van der Waals surface area (Å²) in [5.41, 5.74) is 4.41. The van der Waals surface area contributed by atoms with Crippen LogP contribution in [0.15, 0.2) is 72.9 Å². The van der Waals surface area contributed by atoms with Crippen LogP contribution in [0.25, 0.3) is 11.2 Å². The third-order valence-corrected chi connectivity index (χ3v) is 9.02. The molecule has 4 heterocycles. The first kappa shape index (κ1) is 27.2. The van der Waals surface area contributed by atoms with Gasteiger partial charge < -0.3 is 24.8 Å². The lowest BCUT2D eigenvalue weighted by molar-refractivity contribution is 0.122. The summed E-state index contributed by atoms with van der Waals surface area (Å²) >= 11 is 0. The monoisotopic (exact) mass is 574 g/mol. The molecule has 2 aliphatic heterocycles. The number of imidazole rings is 1. The average molecular weight is 575 g/mol. The Morgan fingerprint density at radius 3 is 2.56 bits per heavy atom. The number of aromatic nitrogens is 4. The van der Waals surface area contributed by atoms with Gasteiger partial charge in [0.25, 0.3) is 0 Å². The lowest BCUT2D eigenvalue weighted by Crippen LogP contribution is -2.39. The topological polar surface area (TPSA) is 118 Å². The molecule has 2 aliphatic rings. The standard InChI is InChI=1S/C29H34N8O3S/c1-2-41(38,39)36-14-6-9-25(20-36)37-21-31-26-27(30-19-22-7-4-3-5-8-22)33-29(34-28(26)37)32-23-10-12-24(13-11-23)35-15-17-40-18-16-35/h2-5,7-8,10-13,21,25H,1,6,9,14-20H2,(H2,30,32,33,34)/t25-/m0/s1. The maximum atomic E-state index is 12.5. The molecule has 2 aromatic heterocycles. The summed E-state index contributed by atoms with van der Waals surface area (Å²) in [5.74, 6) is 1.04. The Labute approximate surface area is 239 Å². The Hall–Kier alpha value is -4.00. The van der Waals surface area contributed by atoms with Gasteiger partial charge in [-0.1, -0.05) is 36.9 Å². The van der Waals surface area contributed by atoms with Crippen LogP contribution in [-0.4, -0.2) is 71.6 Å². The number of hydrogen-bond acceptors (Lipinski definition) is 9. The highest BCUT2D eigenvalue weighted by Gasteiger charge is 2.29. The second-order valence-corrected chi connectivity index (χ2v) is 12.1. The van der Waals surface area contributed by atoms with E-state index in [1.165, 1.54) is 4.31 Å². The van der Waals surface area contributed by atoms with E-state index in [1.807, 2.05) is 34.9 Å². The number of morpholine rings is 1. The van der Waals surface area contributed by atoms with Gasteiger partial charge in [0.15, 0.2) is 17.0 Å². The van der Waals surface area contributed by atoms with E-state index >= 15 is 0 Å². The SMILES string of the molecule is C=CS(=O)(=O)N1CCC[C@H](n2cnc3c(NCc4ccccc4)nc(Nc4ccc(N5CCOCC5)cc4)nc32)C1. The molecule has 0 spiro atoms.